The molecular weight excluding hydrogens is 779 g/mol. The first kappa shape index (κ1) is 36.2. The van der Waals surface area contributed by atoms with Gasteiger partial charge in [-0.05, 0) is 90.3 Å². The van der Waals surface area contributed by atoms with Crippen LogP contribution in [0.15, 0.2) is 229 Å². The van der Waals surface area contributed by atoms with E-state index in [9.17, 15) is 0 Å². The Kier molecular flexibility index (Phi) is 8.09. The molecule has 4 nitrogen and oxygen atoms in total. The third-order valence-corrected chi connectivity index (χ3v) is 13.2. The van der Waals surface area contributed by atoms with Crippen LogP contribution in [-0.2, 0) is 5.41 Å². The number of rotatable bonds is 6. The Morgan fingerprint density at radius 3 is 1.66 bits per heavy atom. The van der Waals surface area contributed by atoms with Gasteiger partial charge < -0.3 is 4.42 Å². The van der Waals surface area contributed by atoms with E-state index in [1.807, 2.05) is 18.2 Å². The first-order valence-electron chi connectivity index (χ1n) is 21.8. The summed E-state index contributed by atoms with van der Waals surface area (Å²) in [5.41, 5.74) is 13.2. The maximum absolute atomic E-state index is 6.62. The van der Waals surface area contributed by atoms with Gasteiger partial charge in [-0.25, -0.2) is 15.0 Å². The fourth-order valence-corrected chi connectivity index (χ4v) is 10.4. The van der Waals surface area contributed by atoms with E-state index in [2.05, 4.69) is 206 Å². The summed E-state index contributed by atoms with van der Waals surface area (Å²) in [7, 11) is 0. The van der Waals surface area contributed by atoms with Crippen LogP contribution in [0, 0.1) is 0 Å². The fourth-order valence-electron chi connectivity index (χ4n) is 10.4. The Balaban J connectivity index is 1.06. The number of furan rings is 1. The van der Waals surface area contributed by atoms with E-state index in [1.54, 1.807) is 0 Å². The number of hydrogen-bond donors (Lipinski definition) is 0. The van der Waals surface area contributed by atoms with Gasteiger partial charge in [0, 0.05) is 21.9 Å². The Bertz CT molecular complexity index is 3760. The van der Waals surface area contributed by atoms with E-state index in [0.717, 1.165) is 60.5 Å². The van der Waals surface area contributed by atoms with E-state index in [-0.39, 0.29) is 0 Å². The van der Waals surface area contributed by atoms with Crippen LogP contribution in [0.25, 0.3) is 99.9 Å². The molecule has 0 radical (unpaired) electrons. The monoisotopic (exact) mass is 815 g/mol. The molecule has 298 valence electrons. The van der Waals surface area contributed by atoms with Gasteiger partial charge in [-0.1, -0.05) is 200 Å². The van der Waals surface area contributed by atoms with Gasteiger partial charge in [0.2, 0.25) is 0 Å². The zero-order chi connectivity index (χ0) is 42.2. The normalized spacial score (nSPS) is 12.8. The Morgan fingerprint density at radius 2 is 0.859 bits per heavy atom. The third kappa shape index (κ3) is 5.46. The molecule has 0 N–H and O–H groups in total. The zero-order valence-electron chi connectivity index (χ0n) is 34.6. The van der Waals surface area contributed by atoms with Crippen LogP contribution in [0.1, 0.15) is 22.3 Å². The molecule has 4 heteroatoms. The highest BCUT2D eigenvalue weighted by atomic mass is 16.3. The average molecular weight is 816 g/mol. The maximum Gasteiger partial charge on any atom is 0.167 e. The molecule has 0 atom stereocenters. The molecule has 2 heterocycles. The van der Waals surface area contributed by atoms with Crippen LogP contribution in [-0.4, -0.2) is 15.0 Å². The summed E-state index contributed by atoms with van der Waals surface area (Å²) in [6, 6.07) is 80.0. The molecule has 0 unspecified atom stereocenters. The number of hydrogen-bond acceptors (Lipinski definition) is 4. The molecular formula is C60H37N3O. The van der Waals surface area contributed by atoms with Crippen LogP contribution in [0.3, 0.4) is 0 Å². The smallest absolute Gasteiger partial charge is 0.167 e. The lowest BCUT2D eigenvalue weighted by atomic mass is 9.67. The van der Waals surface area contributed by atoms with Crippen molar-refractivity contribution in [2.24, 2.45) is 0 Å². The minimum Gasteiger partial charge on any atom is -0.455 e. The Labute approximate surface area is 369 Å². The number of aromatic nitrogens is 3. The Hall–Kier alpha value is -8.47. The maximum atomic E-state index is 6.62. The predicted octanol–water partition coefficient (Wildman–Crippen LogP) is 15.1. The quantitative estimate of drug-likeness (QED) is 0.168. The second-order valence-corrected chi connectivity index (χ2v) is 16.6. The second kappa shape index (κ2) is 14.3. The lowest BCUT2D eigenvalue weighted by molar-refractivity contribution is 0.669. The predicted molar refractivity (Wildman–Crippen MR) is 261 cm³/mol. The van der Waals surface area contributed by atoms with Crippen LogP contribution in [0.2, 0.25) is 0 Å². The van der Waals surface area contributed by atoms with Gasteiger partial charge in [0.25, 0.3) is 0 Å². The molecule has 1 aliphatic carbocycles. The molecule has 0 saturated heterocycles. The van der Waals surface area contributed by atoms with Gasteiger partial charge in [0.1, 0.15) is 11.2 Å². The standard InChI is InChI=1S/C60H37N3O/c1-3-18-42(19-4-1)60(43-20-5-2-6-21-43)53-30-11-9-22-47(53)48-35-34-41(37-54(48)60)57-61-58(63-59(62-57)52-29-15-27-50-49-23-10-12-31-55(49)64-56(50)52)51-28-14-25-45-44(24-13-26-46(45)51)40-33-32-38-16-7-8-17-39(38)36-40/h1-37H. The highest BCUT2D eigenvalue weighted by Crippen LogP contribution is 2.56. The molecule has 13 rings (SSSR count). The van der Waals surface area contributed by atoms with Crippen molar-refractivity contribution in [1.29, 1.82) is 0 Å². The second-order valence-electron chi connectivity index (χ2n) is 16.6. The van der Waals surface area contributed by atoms with Gasteiger partial charge in [0.15, 0.2) is 17.5 Å². The summed E-state index contributed by atoms with van der Waals surface area (Å²) in [5, 5.41) is 6.70. The van der Waals surface area contributed by atoms with Crippen molar-refractivity contribution in [3.05, 3.63) is 247 Å². The molecule has 0 aliphatic heterocycles. The molecule has 0 bridgehead atoms. The first-order chi connectivity index (χ1) is 31.7. The highest BCUT2D eigenvalue weighted by molar-refractivity contribution is 6.09. The van der Waals surface area contributed by atoms with E-state index >= 15 is 0 Å². The van der Waals surface area contributed by atoms with Crippen molar-refractivity contribution in [3.63, 3.8) is 0 Å². The topological polar surface area (TPSA) is 51.8 Å². The molecule has 0 amide bonds. The summed E-state index contributed by atoms with van der Waals surface area (Å²) in [6.07, 6.45) is 0. The molecule has 2 aromatic heterocycles. The summed E-state index contributed by atoms with van der Waals surface area (Å²) >= 11 is 0. The van der Waals surface area contributed by atoms with Crippen molar-refractivity contribution in [1.82, 2.24) is 15.0 Å². The van der Waals surface area contributed by atoms with Crippen LogP contribution >= 0.6 is 0 Å². The van der Waals surface area contributed by atoms with E-state index in [4.69, 9.17) is 19.4 Å². The summed E-state index contributed by atoms with van der Waals surface area (Å²) in [5.74, 6) is 1.73. The molecule has 0 fully saturated rings. The molecule has 0 spiro atoms. The fraction of sp³-hybridized carbons (Fsp3) is 0.0167. The van der Waals surface area contributed by atoms with Crippen molar-refractivity contribution in [2.45, 2.75) is 5.41 Å². The number of nitrogens with zero attached hydrogens (tertiary/aromatic N) is 3. The van der Waals surface area contributed by atoms with Crippen LogP contribution < -0.4 is 0 Å². The summed E-state index contributed by atoms with van der Waals surface area (Å²) < 4.78 is 6.62. The van der Waals surface area contributed by atoms with Gasteiger partial charge in [-0.15, -0.1) is 0 Å². The highest BCUT2D eigenvalue weighted by Gasteiger charge is 2.46. The summed E-state index contributed by atoms with van der Waals surface area (Å²) in [6.45, 7) is 0. The minimum atomic E-state index is -0.572. The van der Waals surface area contributed by atoms with Crippen LogP contribution in [0.5, 0.6) is 0 Å². The van der Waals surface area contributed by atoms with E-state index < -0.39 is 5.41 Å². The molecule has 10 aromatic carbocycles. The van der Waals surface area contributed by atoms with Gasteiger partial charge in [0.05, 0.1) is 11.0 Å². The number of benzene rings is 10. The van der Waals surface area contributed by atoms with Crippen LogP contribution in [0.4, 0.5) is 0 Å². The van der Waals surface area contributed by atoms with Crippen molar-refractivity contribution in [3.8, 4) is 56.4 Å². The molecule has 64 heavy (non-hydrogen) atoms. The van der Waals surface area contributed by atoms with Gasteiger partial charge in [-0.3, -0.25) is 0 Å². The minimum absolute atomic E-state index is 0.550. The third-order valence-electron chi connectivity index (χ3n) is 13.2. The molecule has 0 saturated carbocycles. The summed E-state index contributed by atoms with van der Waals surface area (Å²) in [4.78, 5) is 16.2. The SMILES string of the molecule is c1ccc(C2(c3ccccc3)c3ccccc3-c3ccc(-c4nc(-c5cccc6c(-c7ccc8ccccc8c7)cccc56)nc(-c5cccc6c5oc5ccccc56)n4)cc32)cc1. The van der Waals surface area contributed by atoms with Crippen molar-refractivity contribution in [2.75, 3.05) is 0 Å². The lowest BCUT2D eigenvalue weighted by Crippen LogP contribution is -2.28. The molecule has 12 aromatic rings. The van der Waals surface area contributed by atoms with Gasteiger partial charge >= 0.3 is 0 Å². The van der Waals surface area contributed by atoms with Gasteiger partial charge in [-0.2, -0.15) is 0 Å². The van der Waals surface area contributed by atoms with E-state index in [0.29, 0.717) is 17.5 Å². The average Bonchev–Trinajstić information content (AvgIpc) is 3.90. The first-order valence-corrected chi connectivity index (χ1v) is 21.8. The zero-order valence-corrected chi connectivity index (χ0v) is 34.6. The lowest BCUT2D eigenvalue weighted by Gasteiger charge is -2.34. The largest absolute Gasteiger partial charge is 0.455 e. The van der Waals surface area contributed by atoms with Crippen molar-refractivity contribution < 1.29 is 4.42 Å². The Morgan fingerprint density at radius 1 is 0.312 bits per heavy atom. The van der Waals surface area contributed by atoms with Crippen molar-refractivity contribution >= 4 is 43.5 Å². The van der Waals surface area contributed by atoms with E-state index in [1.165, 1.54) is 44.2 Å². The molecule has 1 aliphatic rings. The number of para-hydroxylation sites is 2. The number of fused-ring (bicyclic) bond motifs is 8.